The van der Waals surface area contributed by atoms with Crippen LogP contribution in [-0.2, 0) is 0 Å². The van der Waals surface area contributed by atoms with Crippen LogP contribution in [0.3, 0.4) is 0 Å². The maximum atomic E-state index is 5.77. The number of benzene rings is 1. The summed E-state index contributed by atoms with van der Waals surface area (Å²) in [4.78, 5) is 8.35. The van der Waals surface area contributed by atoms with Gasteiger partial charge in [-0.3, -0.25) is 0 Å². The van der Waals surface area contributed by atoms with Crippen molar-refractivity contribution in [2.75, 3.05) is 19.0 Å². The zero-order valence-electron chi connectivity index (χ0n) is 10.2. The molecule has 1 aromatic heterocycles. The van der Waals surface area contributed by atoms with Crippen LogP contribution in [0.2, 0.25) is 0 Å². The zero-order valence-corrected chi connectivity index (χ0v) is 10.2. The molecule has 3 N–H and O–H groups in total. The monoisotopic (exact) mass is 244 g/mol. The second kappa shape index (κ2) is 5.97. The van der Waals surface area contributed by atoms with Crippen LogP contribution >= 0.6 is 0 Å². The fraction of sp³-hybridized carbons (Fsp3) is 0.231. The lowest BCUT2D eigenvalue weighted by atomic mass is 10.1. The van der Waals surface area contributed by atoms with Crippen LogP contribution in [0.25, 0.3) is 0 Å². The molecule has 1 aromatic carbocycles. The number of hydrogen-bond acceptors (Lipinski definition) is 5. The van der Waals surface area contributed by atoms with Gasteiger partial charge in [0.2, 0.25) is 11.8 Å². The predicted molar refractivity (Wildman–Crippen MR) is 70.4 cm³/mol. The Labute approximate surface area is 106 Å². The van der Waals surface area contributed by atoms with Crippen molar-refractivity contribution < 1.29 is 4.74 Å². The Kier molecular flexibility index (Phi) is 4.09. The van der Waals surface area contributed by atoms with Gasteiger partial charge in [0, 0.05) is 18.8 Å². The Bertz CT molecular complexity index is 489. The number of anilines is 1. The van der Waals surface area contributed by atoms with Crippen molar-refractivity contribution in [2.45, 2.75) is 6.04 Å². The lowest BCUT2D eigenvalue weighted by molar-refractivity contribution is 0.397. The molecule has 0 amide bonds. The molecule has 5 heteroatoms. The van der Waals surface area contributed by atoms with E-state index >= 15 is 0 Å². The molecule has 0 spiro atoms. The summed E-state index contributed by atoms with van der Waals surface area (Å²) in [5.41, 5.74) is 6.88. The minimum absolute atomic E-state index is 0.0155. The quantitative estimate of drug-likeness (QED) is 0.835. The normalized spacial score (nSPS) is 11.9. The molecule has 0 saturated heterocycles. The van der Waals surface area contributed by atoms with Crippen molar-refractivity contribution in [3.63, 3.8) is 0 Å². The van der Waals surface area contributed by atoms with Gasteiger partial charge in [-0.15, -0.1) is 0 Å². The van der Waals surface area contributed by atoms with Crippen LogP contribution in [0.4, 0.5) is 5.95 Å². The van der Waals surface area contributed by atoms with Gasteiger partial charge < -0.3 is 15.8 Å². The van der Waals surface area contributed by atoms with E-state index in [0.29, 0.717) is 18.4 Å². The highest BCUT2D eigenvalue weighted by atomic mass is 16.5. The van der Waals surface area contributed by atoms with Crippen LogP contribution in [0, 0.1) is 0 Å². The molecular formula is C13H16N4O. The van der Waals surface area contributed by atoms with Crippen molar-refractivity contribution in [3.8, 4) is 5.88 Å². The van der Waals surface area contributed by atoms with Gasteiger partial charge in [-0.1, -0.05) is 30.3 Å². The third kappa shape index (κ3) is 2.95. The first-order chi connectivity index (χ1) is 8.83. The molecule has 0 aliphatic heterocycles. The molecule has 0 aliphatic rings. The van der Waals surface area contributed by atoms with E-state index < -0.39 is 0 Å². The Hall–Kier alpha value is -2.14. The largest absolute Gasteiger partial charge is 0.481 e. The van der Waals surface area contributed by atoms with Gasteiger partial charge >= 0.3 is 0 Å². The van der Waals surface area contributed by atoms with Crippen LogP contribution < -0.4 is 15.8 Å². The van der Waals surface area contributed by atoms with Crippen LogP contribution in [0.15, 0.2) is 42.6 Å². The van der Waals surface area contributed by atoms with E-state index in [9.17, 15) is 0 Å². The Morgan fingerprint density at radius 1 is 1.28 bits per heavy atom. The summed E-state index contributed by atoms with van der Waals surface area (Å²) in [6.45, 7) is 0.463. The standard InChI is InChI=1S/C13H16N4O/c1-18-12-7-8-15-13(17-12)16-11(9-14)10-5-3-2-4-6-10/h2-8,11H,9,14H2,1H3,(H,15,16,17). The molecule has 94 valence electrons. The van der Waals surface area contributed by atoms with E-state index in [4.69, 9.17) is 10.5 Å². The molecule has 5 nitrogen and oxygen atoms in total. The van der Waals surface area contributed by atoms with Gasteiger partial charge in [0.25, 0.3) is 0 Å². The molecule has 2 aromatic rings. The second-order valence-corrected chi connectivity index (χ2v) is 3.77. The summed E-state index contributed by atoms with van der Waals surface area (Å²) >= 11 is 0. The van der Waals surface area contributed by atoms with Gasteiger partial charge in [-0.25, -0.2) is 4.98 Å². The first kappa shape index (κ1) is 12.3. The van der Waals surface area contributed by atoms with E-state index in [-0.39, 0.29) is 6.04 Å². The Morgan fingerprint density at radius 3 is 2.72 bits per heavy atom. The maximum Gasteiger partial charge on any atom is 0.226 e. The molecule has 2 rings (SSSR count). The Morgan fingerprint density at radius 2 is 2.06 bits per heavy atom. The fourth-order valence-corrected chi connectivity index (χ4v) is 1.64. The molecule has 0 fully saturated rings. The lowest BCUT2D eigenvalue weighted by Crippen LogP contribution is -2.21. The summed E-state index contributed by atoms with van der Waals surface area (Å²) in [7, 11) is 1.57. The van der Waals surface area contributed by atoms with E-state index in [2.05, 4.69) is 15.3 Å². The van der Waals surface area contributed by atoms with Crippen molar-refractivity contribution in [1.82, 2.24) is 9.97 Å². The number of aromatic nitrogens is 2. The molecule has 0 aliphatic carbocycles. The first-order valence-corrected chi connectivity index (χ1v) is 5.72. The number of nitrogens with zero attached hydrogens (tertiary/aromatic N) is 2. The van der Waals surface area contributed by atoms with Gasteiger partial charge in [-0.05, 0) is 5.56 Å². The van der Waals surface area contributed by atoms with E-state index in [1.54, 1.807) is 19.4 Å². The van der Waals surface area contributed by atoms with Crippen LogP contribution in [-0.4, -0.2) is 23.6 Å². The number of nitrogens with one attached hydrogen (secondary N) is 1. The van der Waals surface area contributed by atoms with E-state index in [1.165, 1.54) is 0 Å². The maximum absolute atomic E-state index is 5.77. The highest BCUT2D eigenvalue weighted by Crippen LogP contribution is 2.17. The van der Waals surface area contributed by atoms with Crippen molar-refractivity contribution in [1.29, 1.82) is 0 Å². The average Bonchev–Trinajstić information content (AvgIpc) is 2.46. The predicted octanol–water partition coefficient (Wildman–Crippen LogP) is 1.60. The number of nitrogens with two attached hydrogens (primary N) is 1. The topological polar surface area (TPSA) is 73.1 Å². The third-order valence-corrected chi connectivity index (χ3v) is 2.58. The molecule has 1 unspecified atom stereocenters. The second-order valence-electron chi connectivity index (χ2n) is 3.77. The summed E-state index contributed by atoms with van der Waals surface area (Å²) in [6, 6.07) is 11.6. The smallest absolute Gasteiger partial charge is 0.226 e. The minimum atomic E-state index is -0.0155. The summed E-state index contributed by atoms with van der Waals surface area (Å²) < 4.78 is 5.05. The molecule has 0 radical (unpaired) electrons. The molecular weight excluding hydrogens is 228 g/mol. The summed E-state index contributed by atoms with van der Waals surface area (Å²) in [5, 5.41) is 3.19. The highest BCUT2D eigenvalue weighted by Gasteiger charge is 2.10. The third-order valence-electron chi connectivity index (χ3n) is 2.58. The fourth-order valence-electron chi connectivity index (χ4n) is 1.64. The molecule has 1 heterocycles. The summed E-state index contributed by atoms with van der Waals surface area (Å²) in [5.74, 6) is 1.03. The highest BCUT2D eigenvalue weighted by molar-refractivity contribution is 5.33. The molecule has 0 bridgehead atoms. The molecule has 0 saturated carbocycles. The van der Waals surface area contributed by atoms with Crippen molar-refractivity contribution in [2.24, 2.45) is 5.73 Å². The van der Waals surface area contributed by atoms with Crippen LogP contribution in [0.5, 0.6) is 5.88 Å². The number of methoxy groups -OCH3 is 1. The van der Waals surface area contributed by atoms with E-state index in [1.807, 2.05) is 30.3 Å². The minimum Gasteiger partial charge on any atom is -0.481 e. The zero-order chi connectivity index (χ0) is 12.8. The first-order valence-electron chi connectivity index (χ1n) is 5.72. The average molecular weight is 244 g/mol. The molecule has 18 heavy (non-hydrogen) atoms. The van der Waals surface area contributed by atoms with Crippen molar-refractivity contribution >= 4 is 5.95 Å². The number of hydrogen-bond donors (Lipinski definition) is 2. The van der Waals surface area contributed by atoms with Crippen molar-refractivity contribution in [3.05, 3.63) is 48.2 Å². The van der Waals surface area contributed by atoms with Crippen LogP contribution in [0.1, 0.15) is 11.6 Å². The summed E-state index contributed by atoms with van der Waals surface area (Å²) in [6.07, 6.45) is 1.65. The SMILES string of the molecule is COc1ccnc(NC(CN)c2ccccc2)n1. The number of rotatable bonds is 5. The van der Waals surface area contributed by atoms with Gasteiger partial charge in [-0.2, -0.15) is 4.98 Å². The van der Waals surface area contributed by atoms with Gasteiger partial charge in [0.15, 0.2) is 0 Å². The molecule has 1 atom stereocenters. The Balaban J connectivity index is 2.15. The van der Waals surface area contributed by atoms with E-state index in [0.717, 1.165) is 5.56 Å². The number of ether oxygens (including phenoxy) is 1. The van der Waals surface area contributed by atoms with Gasteiger partial charge in [0.1, 0.15) is 0 Å². The van der Waals surface area contributed by atoms with Gasteiger partial charge in [0.05, 0.1) is 13.2 Å². The lowest BCUT2D eigenvalue weighted by Gasteiger charge is -2.17.